The number of rotatable bonds is 11. The van der Waals surface area contributed by atoms with E-state index in [2.05, 4.69) is 4.74 Å². The summed E-state index contributed by atoms with van der Waals surface area (Å²) in [6.45, 7) is 5.85. The van der Waals surface area contributed by atoms with Crippen molar-refractivity contribution in [3.63, 3.8) is 0 Å². The van der Waals surface area contributed by atoms with Crippen LogP contribution in [0, 0.1) is 17.8 Å². The van der Waals surface area contributed by atoms with Crippen LogP contribution in [0.25, 0.3) is 0 Å². The van der Waals surface area contributed by atoms with Gasteiger partial charge in [-0.25, -0.2) is 22.0 Å². The van der Waals surface area contributed by atoms with E-state index in [4.69, 9.17) is 4.74 Å². The smallest absolute Gasteiger partial charge is 0.352 e. The lowest BCUT2D eigenvalue weighted by atomic mass is 9.75. The summed E-state index contributed by atoms with van der Waals surface area (Å²) in [7, 11) is 0. The lowest BCUT2D eigenvalue weighted by molar-refractivity contribution is -0.377. The minimum Gasteiger partial charge on any atom is -0.352 e. The van der Waals surface area contributed by atoms with Gasteiger partial charge in [0.1, 0.15) is 13.0 Å². The molecule has 0 radical (unpaired) electrons. The maximum absolute atomic E-state index is 14.7. The Morgan fingerprint density at radius 3 is 2.03 bits per heavy atom. The summed E-state index contributed by atoms with van der Waals surface area (Å²) in [6, 6.07) is 0. The number of halogens is 8. The summed E-state index contributed by atoms with van der Waals surface area (Å²) in [5.74, 6) is -8.85. The normalized spacial score (nSPS) is 26.7. The Morgan fingerprint density at radius 1 is 1.00 bits per heavy atom. The van der Waals surface area contributed by atoms with Crippen LogP contribution in [0.1, 0.15) is 73.1 Å². The van der Waals surface area contributed by atoms with E-state index in [9.17, 15) is 35.1 Å². The monoisotopic (exact) mass is 470 g/mol. The van der Waals surface area contributed by atoms with Gasteiger partial charge in [0.2, 0.25) is 5.60 Å². The SMILES string of the molecule is CCC(F)CC(OCOC1CC(C)CCC1C(C)C)(C(F)(F)F)C(F)(F)CC(C)(F)F. The molecule has 1 aliphatic carbocycles. The molecule has 0 N–H and O–H groups in total. The van der Waals surface area contributed by atoms with Crippen LogP contribution in [0.15, 0.2) is 0 Å². The molecule has 0 heterocycles. The molecule has 5 unspecified atom stereocenters. The second kappa shape index (κ2) is 10.5. The van der Waals surface area contributed by atoms with E-state index in [0.29, 0.717) is 6.42 Å². The molecule has 0 aliphatic heterocycles. The molecule has 0 aromatic heterocycles. The van der Waals surface area contributed by atoms with E-state index in [1.54, 1.807) is 0 Å². The van der Waals surface area contributed by atoms with Gasteiger partial charge in [-0.3, -0.25) is 0 Å². The van der Waals surface area contributed by atoms with E-state index in [0.717, 1.165) is 12.8 Å². The zero-order chi connectivity index (χ0) is 24.3. The Bertz CT molecular complexity index is 546. The predicted molar refractivity (Wildman–Crippen MR) is 101 cm³/mol. The van der Waals surface area contributed by atoms with Crippen LogP contribution >= 0.6 is 0 Å². The van der Waals surface area contributed by atoms with Crippen LogP contribution in [0.2, 0.25) is 0 Å². The first kappa shape index (κ1) is 28.4. The Hall–Kier alpha value is -0.640. The molecule has 1 fully saturated rings. The van der Waals surface area contributed by atoms with Crippen LogP contribution in [-0.2, 0) is 9.47 Å². The largest absolute Gasteiger partial charge is 0.423 e. The quantitative estimate of drug-likeness (QED) is 0.229. The molecule has 31 heavy (non-hydrogen) atoms. The van der Waals surface area contributed by atoms with E-state index in [-0.39, 0.29) is 24.7 Å². The Labute approximate surface area is 179 Å². The summed E-state index contributed by atoms with van der Waals surface area (Å²) in [5, 5.41) is 0. The van der Waals surface area contributed by atoms with E-state index >= 15 is 0 Å². The van der Waals surface area contributed by atoms with Gasteiger partial charge >= 0.3 is 6.18 Å². The van der Waals surface area contributed by atoms with Crippen molar-refractivity contribution >= 4 is 0 Å². The van der Waals surface area contributed by atoms with Crippen LogP contribution in [-0.4, -0.2) is 42.7 Å². The van der Waals surface area contributed by atoms with Gasteiger partial charge in [-0.2, -0.15) is 13.2 Å². The van der Waals surface area contributed by atoms with E-state index in [1.165, 1.54) is 6.92 Å². The minimum atomic E-state index is -5.80. The average molecular weight is 470 g/mol. The summed E-state index contributed by atoms with van der Waals surface area (Å²) < 4.78 is 122. The summed E-state index contributed by atoms with van der Waals surface area (Å²) in [5.41, 5.74) is -4.43. The molecule has 2 nitrogen and oxygen atoms in total. The van der Waals surface area contributed by atoms with Gasteiger partial charge in [-0.15, -0.1) is 0 Å². The van der Waals surface area contributed by atoms with Crippen molar-refractivity contribution in [2.75, 3.05) is 6.79 Å². The Kier molecular flexibility index (Phi) is 9.64. The number of hydrogen-bond acceptors (Lipinski definition) is 2. The molecule has 10 heteroatoms. The third-order valence-electron chi connectivity index (χ3n) is 6.08. The standard InChI is InChI=1S/C21H34F8O2/c1-6-15(22)10-19(21(27,28)29,20(25,26)11-18(5,23)24)31-12-30-17-9-14(4)7-8-16(17)13(2)3/h13-17H,6-12H2,1-5H3. The molecular weight excluding hydrogens is 436 g/mol. The summed E-state index contributed by atoms with van der Waals surface area (Å²) in [4.78, 5) is 0. The highest BCUT2D eigenvalue weighted by Gasteiger charge is 2.72. The van der Waals surface area contributed by atoms with Crippen molar-refractivity contribution < 1.29 is 44.6 Å². The summed E-state index contributed by atoms with van der Waals surface area (Å²) in [6.07, 6.45) is -11.2. The third kappa shape index (κ3) is 7.44. The van der Waals surface area contributed by atoms with Crippen molar-refractivity contribution in [3.8, 4) is 0 Å². The van der Waals surface area contributed by atoms with Crippen LogP contribution < -0.4 is 0 Å². The van der Waals surface area contributed by atoms with Crippen molar-refractivity contribution in [1.82, 2.24) is 0 Å². The first-order valence-corrected chi connectivity index (χ1v) is 10.7. The third-order valence-corrected chi connectivity index (χ3v) is 6.08. The van der Waals surface area contributed by atoms with Crippen LogP contribution in [0.5, 0.6) is 0 Å². The maximum Gasteiger partial charge on any atom is 0.423 e. The second-order valence-corrected chi connectivity index (χ2v) is 9.28. The van der Waals surface area contributed by atoms with Crippen LogP contribution in [0.4, 0.5) is 35.1 Å². The molecule has 1 saturated carbocycles. The first-order chi connectivity index (χ1) is 14.0. The lowest BCUT2D eigenvalue weighted by Crippen LogP contribution is -2.63. The van der Waals surface area contributed by atoms with Crippen molar-refractivity contribution in [2.24, 2.45) is 17.8 Å². The van der Waals surface area contributed by atoms with Gasteiger partial charge in [0.15, 0.2) is 0 Å². The van der Waals surface area contributed by atoms with Gasteiger partial charge in [-0.1, -0.05) is 34.1 Å². The van der Waals surface area contributed by atoms with Gasteiger partial charge in [0.25, 0.3) is 11.8 Å². The maximum atomic E-state index is 14.7. The first-order valence-electron chi connectivity index (χ1n) is 10.7. The molecule has 186 valence electrons. The fourth-order valence-electron chi connectivity index (χ4n) is 4.24. The van der Waals surface area contributed by atoms with E-state index < -0.39 is 62.0 Å². The van der Waals surface area contributed by atoms with Gasteiger partial charge in [-0.05, 0) is 43.9 Å². The van der Waals surface area contributed by atoms with Gasteiger partial charge in [0, 0.05) is 6.42 Å². The molecule has 0 aromatic rings. The zero-order valence-corrected chi connectivity index (χ0v) is 18.7. The molecular formula is C21H34F8O2. The average Bonchev–Trinajstić information content (AvgIpc) is 2.57. The second-order valence-electron chi connectivity index (χ2n) is 9.28. The lowest BCUT2D eigenvalue weighted by Gasteiger charge is -2.43. The number of alkyl halides is 8. The highest BCUT2D eigenvalue weighted by Crippen LogP contribution is 2.52. The van der Waals surface area contributed by atoms with Crippen molar-refractivity contribution in [2.45, 2.75) is 109 Å². The van der Waals surface area contributed by atoms with Crippen LogP contribution in [0.3, 0.4) is 0 Å². The minimum absolute atomic E-state index is 0.00913. The Balaban J connectivity index is 3.18. The number of hydrogen-bond donors (Lipinski definition) is 0. The van der Waals surface area contributed by atoms with Crippen molar-refractivity contribution in [3.05, 3.63) is 0 Å². The summed E-state index contributed by atoms with van der Waals surface area (Å²) >= 11 is 0. The molecule has 0 spiro atoms. The fourth-order valence-corrected chi connectivity index (χ4v) is 4.24. The molecule has 0 amide bonds. The number of ether oxygens (including phenoxy) is 2. The van der Waals surface area contributed by atoms with Crippen molar-refractivity contribution in [1.29, 1.82) is 0 Å². The zero-order valence-electron chi connectivity index (χ0n) is 18.7. The predicted octanol–water partition coefficient (Wildman–Crippen LogP) is 7.56. The molecule has 0 bridgehead atoms. The molecule has 1 aliphatic rings. The highest BCUT2D eigenvalue weighted by atomic mass is 19.4. The van der Waals surface area contributed by atoms with E-state index in [1.807, 2.05) is 20.8 Å². The molecule has 0 saturated heterocycles. The van der Waals surface area contributed by atoms with Gasteiger partial charge < -0.3 is 9.47 Å². The highest BCUT2D eigenvalue weighted by molar-refractivity contribution is 5.03. The molecule has 0 aromatic carbocycles. The fraction of sp³-hybridized carbons (Fsp3) is 1.00. The Morgan fingerprint density at radius 2 is 1.58 bits per heavy atom. The topological polar surface area (TPSA) is 18.5 Å². The molecule has 1 rings (SSSR count). The molecule has 5 atom stereocenters. The van der Waals surface area contributed by atoms with Gasteiger partial charge in [0.05, 0.1) is 12.5 Å².